The maximum Gasteiger partial charge on any atom is 0.387 e. The molecule has 0 spiro atoms. The van der Waals surface area contributed by atoms with Crippen LogP contribution in [0.3, 0.4) is 0 Å². The van der Waals surface area contributed by atoms with E-state index in [1.165, 1.54) is 11.3 Å². The van der Waals surface area contributed by atoms with Gasteiger partial charge in [0.15, 0.2) is 5.88 Å². The molecular weight excluding hydrogens is 402 g/mol. The molecule has 0 fully saturated rings. The van der Waals surface area contributed by atoms with Crippen LogP contribution in [0.1, 0.15) is 0 Å². The molecule has 2 aromatic heterocycles. The minimum Gasteiger partial charge on any atom is -0.298 e. The Hall–Kier alpha value is -2.17. The molecule has 2 aromatic carbocycles. The normalized spacial score (nSPS) is 13.3. The quantitative estimate of drug-likeness (QED) is 0.306. The zero-order chi connectivity index (χ0) is 18.8. The molecule has 27 heavy (non-hydrogen) atoms. The van der Waals surface area contributed by atoms with Gasteiger partial charge < -0.3 is 0 Å². The third-order valence-corrected chi connectivity index (χ3v) is 6.70. The Balaban J connectivity index is 1.85. The zero-order valence-corrected chi connectivity index (χ0v) is 16.8. The van der Waals surface area contributed by atoms with Gasteiger partial charge in [0.2, 0.25) is 11.1 Å². The van der Waals surface area contributed by atoms with E-state index in [4.69, 9.17) is 10.2 Å². The van der Waals surface area contributed by atoms with E-state index in [9.17, 15) is 4.21 Å². The van der Waals surface area contributed by atoms with Gasteiger partial charge >= 0.3 is 9.93 Å². The first-order chi connectivity index (χ1) is 13.2. The molecule has 9 heteroatoms. The Labute approximate surface area is 165 Å². The first-order valence-corrected chi connectivity index (χ1v) is 11.0. The van der Waals surface area contributed by atoms with Crippen LogP contribution < -0.4 is 9.37 Å². The van der Waals surface area contributed by atoms with Gasteiger partial charge in [-0.15, -0.1) is 4.33 Å². The molecule has 0 bridgehead atoms. The summed E-state index contributed by atoms with van der Waals surface area (Å²) in [7, 11) is 1.98. The van der Waals surface area contributed by atoms with Gasteiger partial charge in [-0.3, -0.25) is 4.57 Å². The summed E-state index contributed by atoms with van der Waals surface area (Å²) in [4.78, 5) is 5.63. The van der Waals surface area contributed by atoms with Gasteiger partial charge in [0, 0.05) is 17.4 Å². The number of thiazole rings is 2. The van der Waals surface area contributed by atoms with Gasteiger partial charge in [-0.1, -0.05) is 53.8 Å². The van der Waals surface area contributed by atoms with Gasteiger partial charge in [-0.2, -0.15) is 4.57 Å². The minimum atomic E-state index is -1.85. The fraction of sp³-hybridized carbons (Fsp3) is 0.111. The predicted molar refractivity (Wildman–Crippen MR) is 108 cm³/mol. The van der Waals surface area contributed by atoms with Crippen LogP contribution in [0.25, 0.3) is 21.5 Å². The van der Waals surface area contributed by atoms with Crippen molar-refractivity contribution in [2.75, 3.05) is 0 Å². The second-order valence-corrected chi connectivity index (χ2v) is 8.59. The highest BCUT2D eigenvalue weighted by molar-refractivity contribution is 7.78. The van der Waals surface area contributed by atoms with Crippen LogP contribution in [0.4, 0.5) is 5.13 Å². The average molecular weight is 419 g/mol. The molecule has 6 nitrogen and oxygen atoms in total. The second-order valence-electron chi connectivity index (χ2n) is 5.73. The summed E-state index contributed by atoms with van der Waals surface area (Å²) in [6, 6.07) is 17.9. The van der Waals surface area contributed by atoms with E-state index < -0.39 is 11.1 Å². The Morgan fingerprint density at radius 3 is 2.70 bits per heavy atom. The van der Waals surface area contributed by atoms with E-state index in [1.54, 1.807) is 15.9 Å². The maximum atomic E-state index is 11.8. The summed E-state index contributed by atoms with van der Waals surface area (Å²) in [5, 5.41) is 11.5. The van der Waals surface area contributed by atoms with Crippen molar-refractivity contribution in [1.29, 1.82) is 0 Å². The molecule has 4 aromatic rings. The number of rotatable bonds is 5. The summed E-state index contributed by atoms with van der Waals surface area (Å²) in [5.74, 6) is -0.0000212. The van der Waals surface area contributed by atoms with E-state index in [-0.39, 0.29) is 5.88 Å². The smallest absolute Gasteiger partial charge is 0.298 e. The lowest BCUT2D eigenvalue weighted by Crippen LogP contribution is -2.35. The molecule has 138 valence electrons. The van der Waals surface area contributed by atoms with Crippen LogP contribution in [0.15, 0.2) is 65.0 Å². The Morgan fingerprint density at radius 1 is 1.19 bits per heavy atom. The van der Waals surface area contributed by atoms with E-state index in [1.807, 2.05) is 54.1 Å². The van der Waals surface area contributed by atoms with Crippen LogP contribution in [0.5, 0.6) is 0 Å². The lowest BCUT2D eigenvalue weighted by atomic mass is 10.2. The van der Waals surface area contributed by atoms with Crippen LogP contribution in [-0.2, 0) is 28.3 Å². The van der Waals surface area contributed by atoms with Gasteiger partial charge in [0.25, 0.3) is 0 Å². The summed E-state index contributed by atoms with van der Waals surface area (Å²) in [6.07, 6.45) is 0. The van der Waals surface area contributed by atoms with Crippen molar-refractivity contribution in [2.24, 2.45) is 12.0 Å². The Morgan fingerprint density at radius 2 is 1.93 bits per heavy atom. The molecule has 0 aliphatic rings. The second kappa shape index (κ2) is 7.83. The largest absolute Gasteiger partial charge is 0.387 e. The summed E-state index contributed by atoms with van der Waals surface area (Å²) in [6.45, 7) is 0. The molecule has 1 unspecified atom stereocenters. The SMILES string of the molecule is Cn1c(-c2ccccc2)cs/c1=N/c1sc2ccccc2[n+]1CS(=O)OO. The molecule has 4 rings (SSSR count). The molecule has 0 saturated heterocycles. The summed E-state index contributed by atoms with van der Waals surface area (Å²) < 4.78 is 20.6. The van der Waals surface area contributed by atoms with E-state index in [2.05, 4.69) is 21.8 Å². The number of benzene rings is 2. The van der Waals surface area contributed by atoms with Crippen molar-refractivity contribution in [3.05, 3.63) is 64.8 Å². The van der Waals surface area contributed by atoms with Gasteiger partial charge in [-0.25, -0.2) is 9.47 Å². The monoisotopic (exact) mass is 418 g/mol. The number of hydrogen-bond donors (Lipinski definition) is 1. The lowest BCUT2D eigenvalue weighted by molar-refractivity contribution is -0.634. The molecule has 0 radical (unpaired) electrons. The van der Waals surface area contributed by atoms with Crippen LogP contribution in [0, 0.1) is 0 Å². The molecular formula is C18H16N3O3S3+. The first kappa shape index (κ1) is 18.2. The molecule has 0 amide bonds. The van der Waals surface area contributed by atoms with Gasteiger partial charge in [-0.05, 0) is 29.0 Å². The molecule has 0 aliphatic heterocycles. The number of aromatic nitrogens is 2. The summed E-state index contributed by atoms with van der Waals surface area (Å²) >= 11 is 1.20. The minimum absolute atomic E-state index is 0.0000212. The number of fused-ring (bicyclic) bond motifs is 1. The fourth-order valence-corrected chi connectivity index (χ4v) is 5.38. The van der Waals surface area contributed by atoms with Crippen molar-refractivity contribution in [2.45, 2.75) is 5.88 Å². The third kappa shape index (κ3) is 3.64. The van der Waals surface area contributed by atoms with E-state index in [0.29, 0.717) is 5.13 Å². The average Bonchev–Trinajstić information content (AvgIpc) is 3.23. The highest BCUT2D eigenvalue weighted by atomic mass is 32.2. The van der Waals surface area contributed by atoms with Crippen molar-refractivity contribution >= 4 is 49.1 Å². The van der Waals surface area contributed by atoms with E-state index >= 15 is 0 Å². The molecule has 0 saturated carbocycles. The van der Waals surface area contributed by atoms with Crippen LogP contribution >= 0.6 is 22.7 Å². The Kier molecular flexibility index (Phi) is 5.28. The number of nitrogens with zero attached hydrogens (tertiary/aromatic N) is 3. The standard InChI is InChI=1S/C18H15N3O3S3/c1-20-15(13-7-3-2-4-8-13)11-25-17(20)19-18-21(12-27(23)24-22)14-9-5-6-10-16(14)26-18/h2-11H,12H2,1H3/p+1. The molecule has 2 heterocycles. The zero-order valence-electron chi connectivity index (χ0n) is 14.3. The third-order valence-electron chi connectivity index (χ3n) is 4.09. The maximum absolute atomic E-state index is 11.8. The first-order valence-electron chi connectivity index (χ1n) is 8.03. The van der Waals surface area contributed by atoms with Crippen LogP contribution in [0.2, 0.25) is 0 Å². The molecule has 1 atom stereocenters. The van der Waals surface area contributed by atoms with E-state index in [0.717, 1.165) is 26.3 Å². The van der Waals surface area contributed by atoms with Gasteiger partial charge in [0.05, 0.1) is 10.4 Å². The molecule has 0 aliphatic carbocycles. The predicted octanol–water partition coefficient (Wildman–Crippen LogP) is 3.60. The van der Waals surface area contributed by atoms with Crippen LogP contribution in [-0.4, -0.2) is 14.0 Å². The van der Waals surface area contributed by atoms with Crippen molar-refractivity contribution in [3.63, 3.8) is 0 Å². The highest BCUT2D eigenvalue weighted by Crippen LogP contribution is 2.26. The van der Waals surface area contributed by atoms with Crippen molar-refractivity contribution in [1.82, 2.24) is 4.57 Å². The number of para-hydroxylation sites is 1. The van der Waals surface area contributed by atoms with Crippen molar-refractivity contribution < 1.29 is 18.4 Å². The van der Waals surface area contributed by atoms with Crippen molar-refractivity contribution in [3.8, 4) is 11.3 Å². The topological polar surface area (TPSA) is 67.7 Å². The summed E-state index contributed by atoms with van der Waals surface area (Å²) in [5.41, 5.74) is 3.10. The number of hydrogen-bond acceptors (Lipinski definition) is 6. The fourth-order valence-electron chi connectivity index (χ4n) is 2.78. The Bertz CT molecular complexity index is 1180. The lowest BCUT2D eigenvalue weighted by Gasteiger charge is -2.00. The molecule has 1 N–H and O–H groups in total. The highest BCUT2D eigenvalue weighted by Gasteiger charge is 2.22. The van der Waals surface area contributed by atoms with Gasteiger partial charge in [0.1, 0.15) is 5.52 Å².